The van der Waals surface area contributed by atoms with Gasteiger partial charge in [-0.05, 0) is 25.0 Å². The summed E-state index contributed by atoms with van der Waals surface area (Å²) in [5.74, 6) is -1.21. The van der Waals surface area contributed by atoms with Gasteiger partial charge in [-0.25, -0.2) is 0 Å². The Bertz CT molecular complexity index is 655. The van der Waals surface area contributed by atoms with Gasteiger partial charge < -0.3 is 10.4 Å². The number of carboxylic acid groups (broad SMARTS) is 1. The second kappa shape index (κ2) is 7.09. The minimum Gasteiger partial charge on any atom is -0.481 e. The number of amides is 1. The molecule has 0 bridgehead atoms. The minimum atomic E-state index is -1.14. The first-order valence-corrected chi connectivity index (χ1v) is 7.57. The normalized spacial score (nSPS) is 14.7. The molecule has 2 aromatic rings. The van der Waals surface area contributed by atoms with Crippen molar-refractivity contribution in [3.05, 3.63) is 54.4 Å². The standard InChI is InChI=1S/C17H21N3O3/c1-3-17(16(22)23,14-8-5-4-6-9-14)12-18-15(21)13(2)20-11-7-10-19-20/h4-11,13H,3,12H2,1-2H3,(H,18,21)(H,22,23). The first-order valence-electron chi connectivity index (χ1n) is 7.57. The van der Waals surface area contributed by atoms with Gasteiger partial charge in [0.25, 0.3) is 0 Å². The van der Waals surface area contributed by atoms with Gasteiger partial charge in [0.2, 0.25) is 5.91 Å². The summed E-state index contributed by atoms with van der Waals surface area (Å²) in [6, 6.07) is 10.2. The Morgan fingerprint density at radius 3 is 2.52 bits per heavy atom. The van der Waals surface area contributed by atoms with Crippen molar-refractivity contribution in [2.45, 2.75) is 31.7 Å². The van der Waals surface area contributed by atoms with E-state index >= 15 is 0 Å². The van der Waals surface area contributed by atoms with E-state index in [4.69, 9.17) is 0 Å². The van der Waals surface area contributed by atoms with Crippen LogP contribution >= 0.6 is 0 Å². The summed E-state index contributed by atoms with van der Waals surface area (Å²) in [6.07, 6.45) is 3.68. The molecule has 1 amide bonds. The highest BCUT2D eigenvalue weighted by molar-refractivity contribution is 5.84. The smallest absolute Gasteiger partial charge is 0.315 e. The Hall–Kier alpha value is -2.63. The van der Waals surface area contributed by atoms with Crippen LogP contribution in [0.2, 0.25) is 0 Å². The Morgan fingerprint density at radius 2 is 2.00 bits per heavy atom. The van der Waals surface area contributed by atoms with Crippen LogP contribution in [0.4, 0.5) is 0 Å². The van der Waals surface area contributed by atoms with Crippen LogP contribution in [0.15, 0.2) is 48.8 Å². The summed E-state index contributed by atoms with van der Waals surface area (Å²) >= 11 is 0. The van der Waals surface area contributed by atoms with Crippen LogP contribution in [0.3, 0.4) is 0 Å². The number of benzene rings is 1. The van der Waals surface area contributed by atoms with Gasteiger partial charge in [0, 0.05) is 18.9 Å². The Balaban J connectivity index is 2.16. The summed E-state index contributed by atoms with van der Waals surface area (Å²) < 4.78 is 1.53. The first kappa shape index (κ1) is 16.7. The van der Waals surface area contributed by atoms with Crippen molar-refractivity contribution in [1.29, 1.82) is 0 Å². The number of carbonyl (C=O) groups excluding carboxylic acids is 1. The predicted molar refractivity (Wildman–Crippen MR) is 86.0 cm³/mol. The monoisotopic (exact) mass is 315 g/mol. The maximum atomic E-state index is 12.3. The van der Waals surface area contributed by atoms with Gasteiger partial charge >= 0.3 is 5.97 Å². The first-order chi connectivity index (χ1) is 11.0. The Kier molecular flexibility index (Phi) is 5.16. The lowest BCUT2D eigenvalue weighted by atomic mass is 9.78. The molecule has 1 aromatic heterocycles. The number of aliphatic carboxylic acids is 1. The molecule has 0 fully saturated rings. The SMILES string of the molecule is CCC(CNC(=O)C(C)n1cccn1)(C(=O)O)c1ccccc1. The Labute approximate surface area is 135 Å². The topological polar surface area (TPSA) is 84.2 Å². The van der Waals surface area contributed by atoms with Crippen LogP contribution in [0, 0.1) is 0 Å². The van der Waals surface area contributed by atoms with E-state index in [2.05, 4.69) is 10.4 Å². The molecule has 2 atom stereocenters. The molecule has 1 aromatic carbocycles. The minimum absolute atomic E-state index is 0.0350. The van der Waals surface area contributed by atoms with Gasteiger partial charge in [0.05, 0.1) is 0 Å². The number of carbonyl (C=O) groups is 2. The molecule has 0 aliphatic carbocycles. The lowest BCUT2D eigenvalue weighted by molar-refractivity contribution is -0.144. The number of rotatable bonds is 7. The van der Waals surface area contributed by atoms with E-state index in [1.54, 1.807) is 49.6 Å². The lowest BCUT2D eigenvalue weighted by Crippen LogP contribution is -2.47. The second-order valence-electron chi connectivity index (χ2n) is 5.49. The largest absolute Gasteiger partial charge is 0.481 e. The number of aromatic nitrogens is 2. The highest BCUT2D eigenvalue weighted by Gasteiger charge is 2.39. The quantitative estimate of drug-likeness (QED) is 0.818. The molecule has 0 saturated carbocycles. The van der Waals surface area contributed by atoms with E-state index in [1.165, 1.54) is 4.68 Å². The van der Waals surface area contributed by atoms with Crippen LogP contribution in [-0.4, -0.2) is 33.3 Å². The third kappa shape index (κ3) is 3.41. The van der Waals surface area contributed by atoms with Crippen molar-refractivity contribution in [1.82, 2.24) is 15.1 Å². The maximum absolute atomic E-state index is 12.3. The van der Waals surface area contributed by atoms with Crippen LogP contribution in [0.25, 0.3) is 0 Å². The number of carboxylic acids is 1. The maximum Gasteiger partial charge on any atom is 0.315 e. The van der Waals surface area contributed by atoms with Gasteiger partial charge in [-0.15, -0.1) is 0 Å². The zero-order valence-corrected chi connectivity index (χ0v) is 13.3. The number of hydrogen-bond acceptors (Lipinski definition) is 3. The van der Waals surface area contributed by atoms with Crippen molar-refractivity contribution in [3.8, 4) is 0 Å². The third-order valence-electron chi connectivity index (χ3n) is 4.20. The fourth-order valence-corrected chi connectivity index (χ4v) is 2.55. The third-order valence-corrected chi connectivity index (χ3v) is 4.20. The predicted octanol–water partition coefficient (Wildman–Crippen LogP) is 1.99. The molecule has 0 saturated heterocycles. The summed E-state index contributed by atoms with van der Waals surface area (Å²) in [4.78, 5) is 24.2. The van der Waals surface area contributed by atoms with Crippen LogP contribution in [-0.2, 0) is 15.0 Å². The second-order valence-corrected chi connectivity index (χ2v) is 5.49. The molecule has 23 heavy (non-hydrogen) atoms. The molecule has 0 aliphatic rings. The molecule has 2 rings (SSSR count). The zero-order valence-electron chi connectivity index (χ0n) is 13.3. The van der Waals surface area contributed by atoms with Crippen molar-refractivity contribution < 1.29 is 14.7 Å². The lowest BCUT2D eigenvalue weighted by Gasteiger charge is -2.29. The molecule has 0 radical (unpaired) electrons. The van der Waals surface area contributed by atoms with E-state index in [0.29, 0.717) is 12.0 Å². The zero-order chi connectivity index (χ0) is 16.9. The molecule has 122 valence electrons. The summed E-state index contributed by atoms with van der Waals surface area (Å²) in [6.45, 7) is 3.57. The molecule has 6 nitrogen and oxygen atoms in total. The number of nitrogens with zero attached hydrogens (tertiary/aromatic N) is 2. The number of nitrogens with one attached hydrogen (secondary N) is 1. The van der Waals surface area contributed by atoms with Crippen molar-refractivity contribution >= 4 is 11.9 Å². The van der Waals surface area contributed by atoms with Crippen molar-refractivity contribution in [2.75, 3.05) is 6.54 Å². The van der Waals surface area contributed by atoms with Gasteiger partial charge in [0.15, 0.2) is 0 Å². The molecular weight excluding hydrogens is 294 g/mol. The average molecular weight is 315 g/mol. The van der Waals surface area contributed by atoms with Gasteiger partial charge in [-0.1, -0.05) is 37.3 Å². The molecule has 0 spiro atoms. The fraction of sp³-hybridized carbons (Fsp3) is 0.353. The van der Waals surface area contributed by atoms with Crippen LogP contribution < -0.4 is 5.32 Å². The van der Waals surface area contributed by atoms with Crippen molar-refractivity contribution in [2.24, 2.45) is 0 Å². The van der Waals surface area contributed by atoms with E-state index in [0.717, 1.165) is 0 Å². The summed E-state index contributed by atoms with van der Waals surface area (Å²) in [5, 5.41) is 16.5. The fourth-order valence-electron chi connectivity index (χ4n) is 2.55. The highest BCUT2D eigenvalue weighted by Crippen LogP contribution is 2.28. The summed E-state index contributed by atoms with van der Waals surface area (Å²) in [5.41, 5.74) is -0.456. The van der Waals surface area contributed by atoms with Gasteiger partial charge in [-0.2, -0.15) is 5.10 Å². The molecule has 0 aliphatic heterocycles. The van der Waals surface area contributed by atoms with Gasteiger partial charge in [0.1, 0.15) is 11.5 Å². The molecule has 2 N–H and O–H groups in total. The van der Waals surface area contributed by atoms with Crippen LogP contribution in [0.1, 0.15) is 31.9 Å². The molecule has 6 heteroatoms. The molecular formula is C17H21N3O3. The van der Waals surface area contributed by atoms with Crippen LogP contribution in [0.5, 0.6) is 0 Å². The van der Waals surface area contributed by atoms with Crippen molar-refractivity contribution in [3.63, 3.8) is 0 Å². The average Bonchev–Trinajstić information content (AvgIpc) is 3.10. The highest BCUT2D eigenvalue weighted by atomic mass is 16.4. The van der Waals surface area contributed by atoms with E-state index in [1.807, 2.05) is 13.0 Å². The van der Waals surface area contributed by atoms with E-state index < -0.39 is 17.4 Å². The molecule has 2 unspecified atom stereocenters. The number of hydrogen-bond donors (Lipinski definition) is 2. The van der Waals surface area contributed by atoms with E-state index in [9.17, 15) is 14.7 Å². The summed E-state index contributed by atoms with van der Waals surface area (Å²) in [7, 11) is 0. The molecule has 1 heterocycles. The van der Waals surface area contributed by atoms with E-state index in [-0.39, 0.29) is 12.5 Å². The van der Waals surface area contributed by atoms with Gasteiger partial charge in [-0.3, -0.25) is 14.3 Å². The Morgan fingerprint density at radius 1 is 1.30 bits per heavy atom.